The Morgan fingerprint density at radius 2 is 1.69 bits per heavy atom. The Labute approximate surface area is 207 Å². The summed E-state index contributed by atoms with van der Waals surface area (Å²) in [6.07, 6.45) is 0.935. The summed E-state index contributed by atoms with van der Waals surface area (Å²) in [7, 11) is 0. The lowest BCUT2D eigenvalue weighted by Crippen LogP contribution is -2.46. The molecule has 1 N–H and O–H groups in total. The maximum absolute atomic E-state index is 14.1. The molecule has 0 amide bonds. The second-order valence-electron chi connectivity index (χ2n) is 8.23. The molecular formula is C27H22F2N4OS. The fraction of sp³-hybridized carbons (Fsp3) is 0.148. The molecular weight excluding hydrogens is 466 g/mol. The highest BCUT2D eigenvalue weighted by Gasteiger charge is 2.35. The number of allylic oxidation sites excluding steroid dienone is 1. The Morgan fingerprint density at radius 1 is 1.00 bits per heavy atom. The van der Waals surface area contributed by atoms with E-state index in [0.29, 0.717) is 28.1 Å². The first kappa shape index (κ1) is 22.9. The second kappa shape index (κ2) is 9.38. The Kier molecular flexibility index (Phi) is 6.13. The Morgan fingerprint density at radius 3 is 2.34 bits per heavy atom. The largest absolute Gasteiger partial charge is 0.351 e. The second-order valence-corrected chi connectivity index (χ2v) is 8.62. The van der Waals surface area contributed by atoms with Crippen LogP contribution < -0.4 is 10.2 Å². The molecule has 3 aromatic carbocycles. The summed E-state index contributed by atoms with van der Waals surface area (Å²) in [6.45, 7) is 3.91. The van der Waals surface area contributed by atoms with E-state index in [4.69, 9.17) is 16.7 Å². The van der Waals surface area contributed by atoms with Crippen LogP contribution in [0.1, 0.15) is 36.9 Å². The van der Waals surface area contributed by atoms with E-state index in [1.165, 1.54) is 17.7 Å². The Bertz CT molecular complexity index is 1400. The molecule has 2 heterocycles. The number of hydrogen-bond donors (Lipinski definition) is 1. The summed E-state index contributed by atoms with van der Waals surface area (Å²) >= 11 is 5.63. The van der Waals surface area contributed by atoms with Gasteiger partial charge in [0.15, 0.2) is 5.11 Å². The van der Waals surface area contributed by atoms with Gasteiger partial charge in [-0.15, -0.1) is 0 Å². The monoisotopic (exact) mass is 488 g/mol. The number of halogens is 2. The average Bonchev–Trinajstić information content (AvgIpc) is 3.33. The number of anilines is 1. The van der Waals surface area contributed by atoms with Crippen molar-refractivity contribution < 1.29 is 13.3 Å². The molecule has 0 radical (unpaired) electrons. The summed E-state index contributed by atoms with van der Waals surface area (Å²) < 4.78 is 33.8. The van der Waals surface area contributed by atoms with Crippen molar-refractivity contribution in [3.8, 4) is 11.4 Å². The van der Waals surface area contributed by atoms with E-state index in [2.05, 4.69) is 22.4 Å². The zero-order valence-corrected chi connectivity index (χ0v) is 19.9. The standard InChI is InChI=1S/C27H22F2N4OS/c1-3-17-9-11-19(12-10-17)25-31-26(34-32-25)23-16(2)33(22-14-20(28)13-21(29)15-22)27(35)30-24(23)18-7-5-4-6-8-18/h4-15,24H,3H2,1-2H3,(H,30,35). The summed E-state index contributed by atoms with van der Waals surface area (Å²) in [6, 6.07) is 20.6. The lowest BCUT2D eigenvalue weighted by Gasteiger charge is -2.37. The number of rotatable bonds is 5. The van der Waals surface area contributed by atoms with Gasteiger partial charge in [0, 0.05) is 17.3 Å². The quantitative estimate of drug-likeness (QED) is 0.326. The van der Waals surface area contributed by atoms with Crippen molar-refractivity contribution in [3.05, 3.63) is 107 Å². The average molecular weight is 489 g/mol. The van der Waals surface area contributed by atoms with Crippen molar-refractivity contribution >= 4 is 28.6 Å². The van der Waals surface area contributed by atoms with Crippen LogP contribution in [-0.2, 0) is 6.42 Å². The number of hydrogen-bond acceptors (Lipinski definition) is 4. The third-order valence-corrected chi connectivity index (χ3v) is 6.30. The minimum Gasteiger partial charge on any atom is -0.351 e. The molecule has 35 heavy (non-hydrogen) atoms. The molecule has 176 valence electrons. The highest BCUT2D eigenvalue weighted by atomic mass is 32.1. The van der Waals surface area contributed by atoms with Gasteiger partial charge in [-0.3, -0.25) is 4.90 Å². The first-order valence-electron chi connectivity index (χ1n) is 11.2. The van der Waals surface area contributed by atoms with Gasteiger partial charge in [0.25, 0.3) is 5.89 Å². The number of thiocarbonyl (C=S) groups is 1. The Balaban J connectivity index is 1.64. The predicted octanol–water partition coefficient (Wildman–Crippen LogP) is 6.44. The molecule has 0 fully saturated rings. The normalized spacial score (nSPS) is 15.9. The third-order valence-electron chi connectivity index (χ3n) is 6.00. The molecule has 1 aliphatic heterocycles. The maximum Gasteiger partial charge on any atom is 0.258 e. The van der Waals surface area contributed by atoms with E-state index < -0.39 is 17.7 Å². The van der Waals surface area contributed by atoms with Crippen LogP contribution >= 0.6 is 12.2 Å². The summed E-state index contributed by atoms with van der Waals surface area (Å²) in [4.78, 5) is 6.26. The van der Waals surface area contributed by atoms with Gasteiger partial charge in [-0.25, -0.2) is 8.78 Å². The highest BCUT2D eigenvalue weighted by molar-refractivity contribution is 7.80. The van der Waals surface area contributed by atoms with Crippen molar-refractivity contribution in [2.24, 2.45) is 0 Å². The van der Waals surface area contributed by atoms with E-state index in [-0.39, 0.29) is 5.69 Å². The molecule has 0 saturated carbocycles. The van der Waals surface area contributed by atoms with Gasteiger partial charge in [0.05, 0.1) is 17.3 Å². The molecule has 5 rings (SSSR count). The van der Waals surface area contributed by atoms with Crippen LogP contribution in [0.2, 0.25) is 0 Å². The molecule has 5 nitrogen and oxygen atoms in total. The lowest BCUT2D eigenvalue weighted by atomic mass is 9.94. The fourth-order valence-electron chi connectivity index (χ4n) is 4.23. The van der Waals surface area contributed by atoms with E-state index in [1.54, 1.807) is 4.90 Å². The molecule has 4 aromatic rings. The van der Waals surface area contributed by atoms with Gasteiger partial charge in [0.2, 0.25) is 5.82 Å². The smallest absolute Gasteiger partial charge is 0.258 e. The number of nitrogens with one attached hydrogen (secondary N) is 1. The zero-order chi connectivity index (χ0) is 24.5. The van der Waals surface area contributed by atoms with E-state index in [9.17, 15) is 8.78 Å². The summed E-state index contributed by atoms with van der Waals surface area (Å²) in [5.41, 5.74) is 4.53. The molecule has 0 spiro atoms. The molecule has 1 atom stereocenters. The van der Waals surface area contributed by atoms with Crippen LogP contribution in [0, 0.1) is 11.6 Å². The highest BCUT2D eigenvalue weighted by Crippen LogP contribution is 2.39. The van der Waals surface area contributed by atoms with Crippen LogP contribution in [0.4, 0.5) is 14.5 Å². The van der Waals surface area contributed by atoms with Crippen molar-refractivity contribution in [3.63, 3.8) is 0 Å². The molecule has 1 aliphatic rings. The van der Waals surface area contributed by atoms with Gasteiger partial charge in [-0.1, -0.05) is 66.7 Å². The van der Waals surface area contributed by atoms with Crippen molar-refractivity contribution in [2.75, 3.05) is 4.90 Å². The molecule has 1 unspecified atom stereocenters. The molecule has 0 saturated heterocycles. The van der Waals surface area contributed by atoms with Crippen LogP contribution in [0.25, 0.3) is 17.0 Å². The molecule has 0 bridgehead atoms. The van der Waals surface area contributed by atoms with Gasteiger partial charge < -0.3 is 9.84 Å². The predicted molar refractivity (Wildman–Crippen MR) is 135 cm³/mol. The molecule has 0 aliphatic carbocycles. The third kappa shape index (κ3) is 4.44. The molecule has 8 heteroatoms. The van der Waals surface area contributed by atoms with Crippen LogP contribution in [0.3, 0.4) is 0 Å². The van der Waals surface area contributed by atoms with Gasteiger partial charge >= 0.3 is 0 Å². The number of aryl methyl sites for hydroxylation is 1. The van der Waals surface area contributed by atoms with Crippen molar-refractivity contribution in [2.45, 2.75) is 26.3 Å². The first-order chi connectivity index (χ1) is 16.9. The van der Waals surface area contributed by atoms with Gasteiger partial charge in [-0.2, -0.15) is 4.98 Å². The fourth-order valence-corrected chi connectivity index (χ4v) is 4.59. The van der Waals surface area contributed by atoms with Gasteiger partial charge in [0.1, 0.15) is 11.6 Å². The topological polar surface area (TPSA) is 54.2 Å². The SMILES string of the molecule is CCc1ccc(-c2noc(C3=C(C)N(c4cc(F)cc(F)c4)C(=S)NC3c3ccccc3)n2)cc1. The number of nitrogens with zero attached hydrogens (tertiary/aromatic N) is 3. The minimum absolute atomic E-state index is 0.261. The zero-order valence-electron chi connectivity index (χ0n) is 19.1. The molecule has 1 aromatic heterocycles. The number of benzene rings is 3. The lowest BCUT2D eigenvalue weighted by molar-refractivity contribution is 0.404. The van der Waals surface area contributed by atoms with Crippen molar-refractivity contribution in [1.82, 2.24) is 15.5 Å². The maximum atomic E-state index is 14.1. The van der Waals surface area contributed by atoms with Crippen LogP contribution in [0.5, 0.6) is 0 Å². The summed E-state index contributed by atoms with van der Waals surface area (Å²) in [5.74, 6) is -0.648. The van der Waals surface area contributed by atoms with E-state index >= 15 is 0 Å². The number of aromatic nitrogens is 2. The summed E-state index contributed by atoms with van der Waals surface area (Å²) in [5, 5.41) is 7.80. The first-order valence-corrected chi connectivity index (χ1v) is 11.6. The van der Waals surface area contributed by atoms with Crippen molar-refractivity contribution in [1.29, 1.82) is 0 Å². The minimum atomic E-state index is -0.696. The van der Waals surface area contributed by atoms with Crippen LogP contribution in [0.15, 0.2) is 83.0 Å². The van der Waals surface area contributed by atoms with E-state index in [1.807, 2.05) is 61.5 Å². The van der Waals surface area contributed by atoms with Crippen LogP contribution in [-0.4, -0.2) is 15.3 Å². The van der Waals surface area contributed by atoms with E-state index in [0.717, 1.165) is 23.6 Å². The van der Waals surface area contributed by atoms with Gasteiger partial charge in [-0.05, 0) is 48.8 Å². The Hall–Kier alpha value is -3.91.